The highest BCUT2D eigenvalue weighted by Crippen LogP contribution is 2.44. The van der Waals surface area contributed by atoms with E-state index in [2.05, 4.69) is 4.72 Å². The number of rotatable bonds is 6. The fourth-order valence-electron chi connectivity index (χ4n) is 1.47. The molecular weight excluding hydrogens is 238 g/mol. The minimum atomic E-state index is -3.09. The summed E-state index contributed by atoms with van der Waals surface area (Å²) in [5.41, 5.74) is 1.05. The molecule has 0 heterocycles. The average Bonchev–Trinajstić information content (AvgIpc) is 2.28. The molecule has 0 bridgehead atoms. The largest absolute Gasteiger partial charge is 0.302 e. The Labute approximate surface area is 104 Å². The lowest BCUT2D eigenvalue weighted by atomic mass is 10.2. The molecule has 0 spiro atoms. The van der Waals surface area contributed by atoms with E-state index in [1.165, 1.54) is 0 Å². The highest BCUT2D eigenvalue weighted by atomic mass is 32.3. The number of nitrogens with one attached hydrogen (secondary N) is 1. The van der Waals surface area contributed by atoms with E-state index >= 15 is 0 Å². The zero-order valence-corrected chi connectivity index (χ0v) is 10.9. The zero-order chi connectivity index (χ0) is 12.9. The highest BCUT2D eigenvalue weighted by Gasteiger charge is 2.19. The van der Waals surface area contributed by atoms with Crippen molar-refractivity contribution in [3.63, 3.8) is 0 Å². The lowest BCUT2D eigenvalue weighted by Crippen LogP contribution is -2.33. The summed E-state index contributed by atoms with van der Waals surface area (Å²) in [5.74, 6) is 0. The first-order valence-electron chi connectivity index (χ1n) is 5.57. The Morgan fingerprint density at radius 2 is 1.94 bits per heavy atom. The number of aryl methyl sites for hydroxylation is 1. The normalized spacial score (nSPS) is 14.4. The van der Waals surface area contributed by atoms with Crippen LogP contribution in [0.3, 0.4) is 0 Å². The van der Waals surface area contributed by atoms with Crippen molar-refractivity contribution < 1.29 is 13.9 Å². The van der Waals surface area contributed by atoms with Crippen molar-refractivity contribution in [3.05, 3.63) is 29.8 Å². The van der Waals surface area contributed by atoms with E-state index in [0.717, 1.165) is 12.0 Å². The van der Waals surface area contributed by atoms with Crippen LogP contribution in [0.4, 0.5) is 0 Å². The van der Waals surface area contributed by atoms with Crippen LogP contribution >= 0.6 is 10.8 Å². The first kappa shape index (κ1) is 14.2. The van der Waals surface area contributed by atoms with E-state index in [-0.39, 0.29) is 0 Å². The van der Waals surface area contributed by atoms with Crippen molar-refractivity contribution in [1.82, 2.24) is 4.72 Å². The van der Waals surface area contributed by atoms with Crippen LogP contribution in [0.2, 0.25) is 0 Å². The van der Waals surface area contributed by atoms with Crippen LogP contribution < -0.4 is 4.72 Å². The smallest absolute Gasteiger partial charge is 0.138 e. The van der Waals surface area contributed by atoms with E-state index in [4.69, 9.17) is 0 Å². The minimum Gasteiger partial charge on any atom is -0.302 e. The lowest BCUT2D eigenvalue weighted by molar-refractivity contribution is -0.109. The SMILES string of the molecule is CCCC(C=O)NS(O)(O)c1ccc(C)cc1. The first-order chi connectivity index (χ1) is 7.99. The summed E-state index contributed by atoms with van der Waals surface area (Å²) in [6.45, 7) is 3.87. The molecule has 0 radical (unpaired) electrons. The van der Waals surface area contributed by atoms with Gasteiger partial charge < -0.3 is 4.79 Å². The number of aldehydes is 1. The molecule has 96 valence electrons. The van der Waals surface area contributed by atoms with Gasteiger partial charge in [0.1, 0.15) is 6.29 Å². The summed E-state index contributed by atoms with van der Waals surface area (Å²) in [6, 6.07) is 6.41. The lowest BCUT2D eigenvalue weighted by Gasteiger charge is -2.35. The van der Waals surface area contributed by atoms with E-state index < -0.39 is 16.8 Å². The quantitative estimate of drug-likeness (QED) is 0.685. The van der Waals surface area contributed by atoms with Crippen molar-refractivity contribution in [2.45, 2.75) is 37.6 Å². The molecule has 5 heteroatoms. The molecule has 0 saturated carbocycles. The fourth-order valence-corrected chi connectivity index (χ4v) is 2.72. The molecule has 1 atom stereocenters. The molecule has 0 aliphatic heterocycles. The molecule has 0 aliphatic rings. The monoisotopic (exact) mass is 257 g/mol. The van der Waals surface area contributed by atoms with Crippen molar-refractivity contribution in [1.29, 1.82) is 0 Å². The van der Waals surface area contributed by atoms with Crippen LogP contribution in [0.25, 0.3) is 0 Å². The third-order valence-corrected chi connectivity index (χ3v) is 3.99. The first-order valence-corrected chi connectivity index (χ1v) is 7.11. The van der Waals surface area contributed by atoms with Gasteiger partial charge in [0.05, 0.1) is 10.9 Å². The second kappa shape index (κ2) is 6.16. The second-order valence-corrected chi connectivity index (χ2v) is 5.82. The van der Waals surface area contributed by atoms with Crippen LogP contribution in [0.1, 0.15) is 25.3 Å². The number of carbonyl (C=O) groups is 1. The van der Waals surface area contributed by atoms with Gasteiger partial charge in [-0.05, 0) is 25.5 Å². The van der Waals surface area contributed by atoms with Gasteiger partial charge in [0.25, 0.3) is 0 Å². The Balaban J connectivity index is 2.79. The third kappa shape index (κ3) is 4.12. The van der Waals surface area contributed by atoms with E-state index in [9.17, 15) is 13.9 Å². The zero-order valence-electron chi connectivity index (χ0n) is 10.1. The third-order valence-electron chi connectivity index (χ3n) is 2.43. The van der Waals surface area contributed by atoms with Gasteiger partial charge >= 0.3 is 0 Å². The number of benzene rings is 1. The second-order valence-electron chi connectivity index (χ2n) is 4.01. The van der Waals surface area contributed by atoms with Gasteiger partial charge in [-0.2, -0.15) is 0 Å². The van der Waals surface area contributed by atoms with Crippen LogP contribution in [0, 0.1) is 6.92 Å². The van der Waals surface area contributed by atoms with Crippen LogP contribution in [0.5, 0.6) is 0 Å². The maximum Gasteiger partial charge on any atom is 0.138 e. The van der Waals surface area contributed by atoms with Crippen molar-refractivity contribution >= 4 is 17.1 Å². The Hall–Kier alpha value is -0.880. The Morgan fingerprint density at radius 3 is 2.41 bits per heavy atom. The highest BCUT2D eigenvalue weighted by molar-refractivity contribution is 8.22. The molecule has 1 rings (SSSR count). The summed E-state index contributed by atoms with van der Waals surface area (Å²) in [6.07, 6.45) is 2.11. The van der Waals surface area contributed by atoms with Crippen molar-refractivity contribution in [2.24, 2.45) is 0 Å². The van der Waals surface area contributed by atoms with Gasteiger partial charge in [-0.1, -0.05) is 31.0 Å². The summed E-state index contributed by atoms with van der Waals surface area (Å²) >= 11 is 0. The van der Waals surface area contributed by atoms with E-state index in [1.54, 1.807) is 24.3 Å². The topological polar surface area (TPSA) is 69.6 Å². The number of hydrogen-bond acceptors (Lipinski definition) is 4. The predicted octanol–water partition coefficient (Wildman–Crippen LogP) is 2.98. The molecular formula is C12H19NO3S. The standard InChI is InChI=1S/C12H19NO3S/c1-3-4-11(9-14)13-17(15,16)12-7-5-10(2)6-8-12/h5-9,11,13,15-16H,3-4H2,1-2H3. The maximum atomic E-state index is 10.8. The van der Waals surface area contributed by atoms with Gasteiger partial charge in [0.2, 0.25) is 0 Å². The molecule has 17 heavy (non-hydrogen) atoms. The molecule has 1 unspecified atom stereocenters. The summed E-state index contributed by atoms with van der Waals surface area (Å²) in [7, 11) is -3.09. The van der Waals surface area contributed by atoms with E-state index in [1.807, 2.05) is 13.8 Å². The summed E-state index contributed by atoms with van der Waals surface area (Å²) in [5, 5.41) is 0. The van der Waals surface area contributed by atoms with E-state index in [0.29, 0.717) is 17.6 Å². The van der Waals surface area contributed by atoms with Gasteiger partial charge in [-0.25, -0.2) is 4.72 Å². The average molecular weight is 257 g/mol. The molecule has 1 aromatic rings. The molecule has 0 saturated heterocycles. The minimum absolute atomic E-state index is 0.408. The number of hydrogen-bond donors (Lipinski definition) is 3. The van der Waals surface area contributed by atoms with Gasteiger partial charge in [0.15, 0.2) is 0 Å². The van der Waals surface area contributed by atoms with Crippen LogP contribution in [-0.2, 0) is 4.79 Å². The van der Waals surface area contributed by atoms with Crippen molar-refractivity contribution in [2.75, 3.05) is 0 Å². The molecule has 4 nitrogen and oxygen atoms in total. The summed E-state index contributed by atoms with van der Waals surface area (Å²) < 4.78 is 22.6. The maximum absolute atomic E-state index is 10.8. The van der Waals surface area contributed by atoms with Gasteiger partial charge in [-0.15, -0.1) is 10.8 Å². The Kier molecular flexibility index (Phi) is 5.14. The van der Waals surface area contributed by atoms with Crippen LogP contribution in [-0.4, -0.2) is 21.4 Å². The molecule has 1 aromatic carbocycles. The Bertz CT molecular complexity index is 365. The summed E-state index contributed by atoms with van der Waals surface area (Å²) in [4.78, 5) is 11.2. The molecule has 0 fully saturated rings. The molecule has 3 N–H and O–H groups in total. The van der Waals surface area contributed by atoms with Crippen LogP contribution in [0.15, 0.2) is 29.2 Å². The van der Waals surface area contributed by atoms with Gasteiger partial charge in [0, 0.05) is 0 Å². The molecule has 0 amide bonds. The molecule has 0 aromatic heterocycles. The Morgan fingerprint density at radius 1 is 1.35 bits per heavy atom. The predicted molar refractivity (Wildman–Crippen MR) is 70.2 cm³/mol. The molecule has 0 aliphatic carbocycles. The van der Waals surface area contributed by atoms with Gasteiger partial charge in [-0.3, -0.25) is 9.11 Å². The fraction of sp³-hybridized carbons (Fsp3) is 0.417. The van der Waals surface area contributed by atoms with Crippen molar-refractivity contribution in [3.8, 4) is 0 Å². The number of carbonyl (C=O) groups excluding carboxylic acids is 1.